The number of nitrogens with zero attached hydrogens (tertiary/aromatic N) is 1. The number of carbonyl (C=O) groups excluding carboxylic acids is 1. The molecule has 0 bridgehead atoms. The van der Waals surface area contributed by atoms with Crippen molar-refractivity contribution in [2.24, 2.45) is 0 Å². The van der Waals surface area contributed by atoms with Gasteiger partial charge in [-0.3, -0.25) is 4.79 Å². The van der Waals surface area contributed by atoms with Crippen molar-refractivity contribution in [3.05, 3.63) is 24.0 Å². The van der Waals surface area contributed by atoms with Gasteiger partial charge in [0.25, 0.3) is 0 Å². The van der Waals surface area contributed by atoms with E-state index in [2.05, 4.69) is 10.6 Å². The first-order valence-electron chi connectivity index (χ1n) is 8.16. The van der Waals surface area contributed by atoms with Crippen molar-refractivity contribution in [3.63, 3.8) is 0 Å². The van der Waals surface area contributed by atoms with Crippen LogP contribution in [-0.4, -0.2) is 44.3 Å². The number of anilines is 1. The highest BCUT2D eigenvalue weighted by atomic mass is 35.5. The fraction of sp³-hybridized carbons (Fsp3) is 0.562. The Morgan fingerprint density at radius 2 is 2.00 bits per heavy atom. The van der Waals surface area contributed by atoms with E-state index in [9.17, 15) is 17.6 Å². The van der Waals surface area contributed by atoms with Gasteiger partial charge in [-0.25, -0.2) is 12.8 Å². The Bertz CT molecular complexity index is 694. The van der Waals surface area contributed by atoms with Crippen LogP contribution in [0.15, 0.2) is 23.1 Å². The number of benzene rings is 1. The van der Waals surface area contributed by atoms with Crippen LogP contribution < -0.4 is 10.6 Å². The lowest BCUT2D eigenvalue weighted by Gasteiger charge is -2.33. The van der Waals surface area contributed by atoms with Crippen LogP contribution in [0.25, 0.3) is 0 Å². The van der Waals surface area contributed by atoms with E-state index >= 15 is 0 Å². The van der Waals surface area contributed by atoms with Crippen LogP contribution in [0.1, 0.15) is 33.1 Å². The number of halogens is 2. The molecule has 0 aliphatic carbocycles. The molecule has 1 amide bonds. The Morgan fingerprint density at radius 1 is 1.36 bits per heavy atom. The summed E-state index contributed by atoms with van der Waals surface area (Å²) in [4.78, 5) is 11.2. The molecule has 1 heterocycles. The number of piperidine rings is 1. The van der Waals surface area contributed by atoms with E-state index in [1.165, 1.54) is 23.4 Å². The van der Waals surface area contributed by atoms with Crippen molar-refractivity contribution in [2.45, 2.75) is 44.0 Å². The van der Waals surface area contributed by atoms with E-state index in [0.717, 1.165) is 32.0 Å². The fourth-order valence-corrected chi connectivity index (χ4v) is 4.70. The number of carbonyl (C=O) groups is 1. The topological polar surface area (TPSA) is 78.5 Å². The number of hydrogen-bond donors (Lipinski definition) is 2. The molecule has 0 aromatic heterocycles. The molecule has 2 rings (SSSR count). The van der Waals surface area contributed by atoms with Crippen molar-refractivity contribution >= 4 is 34.0 Å². The van der Waals surface area contributed by atoms with Crippen LogP contribution in [0.5, 0.6) is 0 Å². The van der Waals surface area contributed by atoms with E-state index in [-0.39, 0.29) is 29.0 Å². The van der Waals surface area contributed by atoms with Crippen LogP contribution in [0.2, 0.25) is 0 Å². The second kappa shape index (κ2) is 9.47. The molecule has 6 nitrogen and oxygen atoms in total. The molecule has 1 aliphatic heterocycles. The molecule has 0 unspecified atom stereocenters. The van der Waals surface area contributed by atoms with E-state index < -0.39 is 21.7 Å². The van der Waals surface area contributed by atoms with Gasteiger partial charge in [0, 0.05) is 19.5 Å². The first kappa shape index (κ1) is 21.8. The molecule has 1 aromatic carbocycles. The highest BCUT2D eigenvalue weighted by molar-refractivity contribution is 7.89. The number of sulfonamides is 1. The van der Waals surface area contributed by atoms with Gasteiger partial charge in [0.05, 0.1) is 10.6 Å². The molecule has 1 saturated heterocycles. The van der Waals surface area contributed by atoms with Crippen LogP contribution in [0.3, 0.4) is 0 Å². The molecule has 25 heavy (non-hydrogen) atoms. The van der Waals surface area contributed by atoms with Gasteiger partial charge in [-0.15, -0.1) is 12.4 Å². The zero-order valence-corrected chi connectivity index (χ0v) is 16.1. The summed E-state index contributed by atoms with van der Waals surface area (Å²) in [6.07, 6.45) is 2.20. The van der Waals surface area contributed by atoms with Crippen molar-refractivity contribution < 1.29 is 17.6 Å². The molecular weight excluding hydrogens is 369 g/mol. The second-order valence-corrected chi connectivity index (χ2v) is 7.81. The minimum Gasteiger partial charge on any atom is -0.324 e. The summed E-state index contributed by atoms with van der Waals surface area (Å²) in [6, 6.07) is 3.45. The van der Waals surface area contributed by atoms with Crippen molar-refractivity contribution in [1.82, 2.24) is 9.62 Å². The van der Waals surface area contributed by atoms with Gasteiger partial charge in [0.2, 0.25) is 15.9 Å². The third-order valence-corrected chi connectivity index (χ3v) is 5.96. The third kappa shape index (κ3) is 5.37. The Balaban J connectivity index is 0.00000312. The molecular formula is C16H25ClFN3O3S. The molecule has 0 saturated carbocycles. The van der Waals surface area contributed by atoms with Crippen molar-refractivity contribution in [3.8, 4) is 0 Å². The maximum Gasteiger partial charge on any atom is 0.243 e. The van der Waals surface area contributed by atoms with Crippen molar-refractivity contribution in [1.29, 1.82) is 0 Å². The zero-order chi connectivity index (χ0) is 17.7. The smallest absolute Gasteiger partial charge is 0.243 e. The van der Waals surface area contributed by atoms with Gasteiger partial charge in [-0.1, -0.05) is 6.92 Å². The van der Waals surface area contributed by atoms with Crippen LogP contribution >= 0.6 is 12.4 Å². The van der Waals surface area contributed by atoms with E-state index in [1.807, 2.05) is 6.92 Å². The summed E-state index contributed by atoms with van der Waals surface area (Å²) in [6.45, 7) is 5.15. The molecule has 0 spiro atoms. The monoisotopic (exact) mass is 393 g/mol. The fourth-order valence-electron chi connectivity index (χ4n) is 2.90. The highest BCUT2D eigenvalue weighted by Gasteiger charge is 2.32. The summed E-state index contributed by atoms with van der Waals surface area (Å²) in [7, 11) is -3.75. The van der Waals surface area contributed by atoms with Crippen LogP contribution in [-0.2, 0) is 14.8 Å². The first-order valence-corrected chi connectivity index (χ1v) is 9.60. The Hall–Kier alpha value is -1.22. The lowest BCUT2D eigenvalue weighted by atomic mass is 10.1. The molecule has 0 atom stereocenters. The van der Waals surface area contributed by atoms with E-state index in [0.29, 0.717) is 13.0 Å². The van der Waals surface area contributed by atoms with E-state index in [4.69, 9.17) is 0 Å². The summed E-state index contributed by atoms with van der Waals surface area (Å²) < 4.78 is 41.4. The van der Waals surface area contributed by atoms with Gasteiger partial charge >= 0.3 is 0 Å². The minimum atomic E-state index is -3.75. The van der Waals surface area contributed by atoms with Gasteiger partial charge in [0.15, 0.2) is 0 Å². The normalized spacial score (nSPS) is 15.7. The summed E-state index contributed by atoms with van der Waals surface area (Å²) in [5.41, 5.74) is -0.120. The molecule has 1 aromatic rings. The number of rotatable bonds is 6. The van der Waals surface area contributed by atoms with Gasteiger partial charge in [-0.05, 0) is 50.6 Å². The Labute approximate surface area is 154 Å². The van der Waals surface area contributed by atoms with Crippen LogP contribution in [0, 0.1) is 5.82 Å². The Morgan fingerprint density at radius 3 is 2.56 bits per heavy atom. The Kier molecular flexibility index (Phi) is 8.27. The predicted molar refractivity (Wildman–Crippen MR) is 98.0 cm³/mol. The summed E-state index contributed by atoms with van der Waals surface area (Å²) in [5.74, 6) is -1.11. The molecule has 0 radical (unpaired) electrons. The maximum absolute atomic E-state index is 13.8. The van der Waals surface area contributed by atoms with Gasteiger partial charge in [0.1, 0.15) is 5.82 Å². The highest BCUT2D eigenvalue weighted by Crippen LogP contribution is 2.26. The molecule has 2 N–H and O–H groups in total. The van der Waals surface area contributed by atoms with Crippen molar-refractivity contribution in [2.75, 3.05) is 25.0 Å². The van der Waals surface area contributed by atoms with E-state index in [1.54, 1.807) is 0 Å². The SMILES string of the molecule is CCCN(C1CCNCC1)S(=O)(=O)c1ccc(F)c(NC(C)=O)c1.Cl. The largest absolute Gasteiger partial charge is 0.324 e. The molecule has 1 fully saturated rings. The average molecular weight is 394 g/mol. The standard InChI is InChI=1S/C16H24FN3O3S.ClH/c1-3-10-20(13-6-8-18-9-7-13)24(22,23)14-4-5-15(17)16(11-14)19-12(2)21;/h4-5,11,13,18H,3,6-10H2,1-2H3,(H,19,21);1H. The lowest BCUT2D eigenvalue weighted by Crippen LogP contribution is -2.46. The number of hydrogen-bond acceptors (Lipinski definition) is 4. The molecule has 1 aliphatic rings. The number of amides is 1. The minimum absolute atomic E-state index is 0. The molecule has 142 valence electrons. The summed E-state index contributed by atoms with van der Waals surface area (Å²) in [5, 5.41) is 5.55. The quantitative estimate of drug-likeness (QED) is 0.777. The van der Waals surface area contributed by atoms with Gasteiger partial charge in [-0.2, -0.15) is 4.31 Å². The van der Waals surface area contributed by atoms with Crippen LogP contribution in [0.4, 0.5) is 10.1 Å². The zero-order valence-electron chi connectivity index (χ0n) is 14.4. The number of nitrogens with one attached hydrogen (secondary N) is 2. The lowest BCUT2D eigenvalue weighted by molar-refractivity contribution is -0.114. The first-order chi connectivity index (χ1) is 11.4. The maximum atomic E-state index is 13.8. The average Bonchev–Trinajstić information content (AvgIpc) is 2.54. The predicted octanol–water partition coefficient (Wildman–Crippen LogP) is 2.36. The molecule has 9 heteroatoms. The third-order valence-electron chi connectivity index (χ3n) is 4.02. The van der Waals surface area contributed by atoms with Gasteiger partial charge < -0.3 is 10.6 Å². The second-order valence-electron chi connectivity index (χ2n) is 5.92. The summed E-state index contributed by atoms with van der Waals surface area (Å²) >= 11 is 0.